The second-order valence-electron chi connectivity index (χ2n) is 5.61. The van der Waals surface area contributed by atoms with Gasteiger partial charge >= 0.3 is 0 Å². The van der Waals surface area contributed by atoms with Crippen molar-refractivity contribution in [3.05, 3.63) is 48.4 Å². The van der Waals surface area contributed by atoms with Gasteiger partial charge < -0.3 is 4.90 Å². The molecule has 0 unspecified atom stereocenters. The first-order chi connectivity index (χ1) is 10.3. The predicted octanol–water partition coefficient (Wildman–Crippen LogP) is 3.02. The number of amides is 1. The zero-order valence-electron chi connectivity index (χ0n) is 12.2. The second kappa shape index (κ2) is 6.04. The molecule has 21 heavy (non-hydrogen) atoms. The maximum Gasteiger partial charge on any atom is 0.256 e. The fourth-order valence-corrected chi connectivity index (χ4v) is 2.70. The number of aromatic nitrogens is 2. The maximum absolute atomic E-state index is 12.8. The van der Waals surface area contributed by atoms with E-state index in [-0.39, 0.29) is 5.91 Å². The van der Waals surface area contributed by atoms with Crippen LogP contribution in [0.4, 0.5) is 0 Å². The summed E-state index contributed by atoms with van der Waals surface area (Å²) in [5.74, 6) is 0.796. The molecule has 0 radical (unpaired) electrons. The number of nitrogens with zero attached hydrogens (tertiary/aromatic N) is 3. The van der Waals surface area contributed by atoms with E-state index in [1.165, 1.54) is 0 Å². The minimum atomic E-state index is 0.0850. The third-order valence-electron chi connectivity index (χ3n) is 4.06. The van der Waals surface area contributed by atoms with E-state index in [1.54, 1.807) is 18.6 Å². The third-order valence-corrected chi connectivity index (χ3v) is 4.06. The van der Waals surface area contributed by atoms with Crippen molar-refractivity contribution in [2.75, 3.05) is 13.1 Å². The van der Waals surface area contributed by atoms with Gasteiger partial charge in [0, 0.05) is 37.2 Å². The Morgan fingerprint density at radius 3 is 2.57 bits per heavy atom. The Morgan fingerprint density at radius 2 is 1.86 bits per heavy atom. The molecule has 4 nitrogen and oxygen atoms in total. The summed E-state index contributed by atoms with van der Waals surface area (Å²) >= 11 is 0. The highest BCUT2D eigenvalue weighted by molar-refractivity contribution is 5.99. The number of carbonyl (C=O) groups is 1. The van der Waals surface area contributed by atoms with Gasteiger partial charge in [-0.2, -0.15) is 0 Å². The van der Waals surface area contributed by atoms with Crippen LogP contribution in [0.15, 0.2) is 42.9 Å². The standard InChI is InChI=1S/C17H19N3O/c1-13-6-11-20(12-7-13)17(21)15-3-2-8-19-16(15)14-4-9-18-10-5-14/h2-5,8-10,13H,6-7,11-12H2,1H3. The molecule has 1 saturated heterocycles. The van der Waals surface area contributed by atoms with E-state index in [4.69, 9.17) is 0 Å². The second-order valence-corrected chi connectivity index (χ2v) is 5.61. The molecular formula is C17H19N3O. The van der Waals surface area contributed by atoms with Crippen LogP contribution in [-0.2, 0) is 0 Å². The molecule has 0 atom stereocenters. The summed E-state index contributed by atoms with van der Waals surface area (Å²) in [4.78, 5) is 23.1. The molecule has 3 rings (SSSR count). The minimum absolute atomic E-state index is 0.0850. The lowest BCUT2D eigenvalue weighted by Gasteiger charge is -2.30. The molecule has 0 N–H and O–H groups in total. The van der Waals surface area contributed by atoms with E-state index in [0.29, 0.717) is 11.5 Å². The van der Waals surface area contributed by atoms with Crippen molar-refractivity contribution >= 4 is 5.91 Å². The molecule has 0 saturated carbocycles. The zero-order chi connectivity index (χ0) is 14.7. The zero-order valence-corrected chi connectivity index (χ0v) is 12.2. The molecule has 2 aromatic rings. The normalized spacial score (nSPS) is 16.0. The number of pyridine rings is 2. The largest absolute Gasteiger partial charge is 0.339 e. The van der Waals surface area contributed by atoms with Gasteiger partial charge in [0.2, 0.25) is 0 Å². The van der Waals surface area contributed by atoms with Crippen LogP contribution < -0.4 is 0 Å². The molecule has 108 valence electrons. The van der Waals surface area contributed by atoms with Gasteiger partial charge in [-0.3, -0.25) is 14.8 Å². The van der Waals surface area contributed by atoms with Crippen LogP contribution in [0.1, 0.15) is 30.1 Å². The quantitative estimate of drug-likeness (QED) is 0.850. The Bertz CT molecular complexity index is 619. The number of hydrogen-bond donors (Lipinski definition) is 0. The molecule has 3 heterocycles. The van der Waals surface area contributed by atoms with Crippen LogP contribution in [0.5, 0.6) is 0 Å². The van der Waals surface area contributed by atoms with Gasteiger partial charge in [-0.15, -0.1) is 0 Å². The monoisotopic (exact) mass is 281 g/mol. The average molecular weight is 281 g/mol. The molecule has 0 bridgehead atoms. The van der Waals surface area contributed by atoms with E-state index in [2.05, 4.69) is 16.9 Å². The highest BCUT2D eigenvalue weighted by Crippen LogP contribution is 2.24. The average Bonchev–Trinajstić information content (AvgIpc) is 2.56. The topological polar surface area (TPSA) is 46.1 Å². The van der Waals surface area contributed by atoms with Crippen molar-refractivity contribution in [1.82, 2.24) is 14.9 Å². The summed E-state index contributed by atoms with van der Waals surface area (Å²) in [6, 6.07) is 7.46. The van der Waals surface area contributed by atoms with Crippen LogP contribution >= 0.6 is 0 Å². The smallest absolute Gasteiger partial charge is 0.256 e. The fourth-order valence-electron chi connectivity index (χ4n) is 2.70. The first-order valence-corrected chi connectivity index (χ1v) is 7.40. The lowest BCUT2D eigenvalue weighted by atomic mass is 9.98. The Morgan fingerprint density at radius 1 is 1.14 bits per heavy atom. The Labute approximate surface area is 124 Å². The third kappa shape index (κ3) is 2.94. The van der Waals surface area contributed by atoms with E-state index >= 15 is 0 Å². The summed E-state index contributed by atoms with van der Waals surface area (Å²) in [6.07, 6.45) is 7.33. The fraction of sp³-hybridized carbons (Fsp3) is 0.353. The molecule has 1 amide bonds. The molecule has 1 fully saturated rings. The van der Waals surface area contributed by atoms with Crippen LogP contribution in [0, 0.1) is 5.92 Å². The van der Waals surface area contributed by atoms with Gasteiger partial charge in [-0.05, 0) is 43.0 Å². The number of hydrogen-bond acceptors (Lipinski definition) is 3. The van der Waals surface area contributed by atoms with E-state index in [0.717, 1.165) is 37.2 Å². The van der Waals surface area contributed by atoms with Crippen molar-refractivity contribution in [3.63, 3.8) is 0 Å². The van der Waals surface area contributed by atoms with Gasteiger partial charge in [0.1, 0.15) is 0 Å². The van der Waals surface area contributed by atoms with Crippen LogP contribution in [0.3, 0.4) is 0 Å². The maximum atomic E-state index is 12.8. The number of carbonyl (C=O) groups excluding carboxylic acids is 1. The molecular weight excluding hydrogens is 262 g/mol. The van der Waals surface area contributed by atoms with Gasteiger partial charge in [0.15, 0.2) is 0 Å². The highest BCUT2D eigenvalue weighted by Gasteiger charge is 2.23. The molecule has 0 aliphatic carbocycles. The number of likely N-dealkylation sites (tertiary alicyclic amines) is 1. The van der Waals surface area contributed by atoms with Crippen LogP contribution in [0.2, 0.25) is 0 Å². The Balaban J connectivity index is 1.90. The number of rotatable bonds is 2. The summed E-state index contributed by atoms with van der Waals surface area (Å²) in [5, 5.41) is 0. The summed E-state index contributed by atoms with van der Waals surface area (Å²) < 4.78 is 0. The van der Waals surface area contributed by atoms with Gasteiger partial charge in [-0.1, -0.05) is 6.92 Å². The van der Waals surface area contributed by atoms with E-state index < -0.39 is 0 Å². The molecule has 0 aromatic carbocycles. The Kier molecular flexibility index (Phi) is 3.95. The molecule has 4 heteroatoms. The first kappa shape index (κ1) is 13.7. The summed E-state index contributed by atoms with van der Waals surface area (Å²) in [7, 11) is 0. The predicted molar refractivity (Wildman–Crippen MR) is 81.8 cm³/mol. The van der Waals surface area contributed by atoms with Crippen LogP contribution in [-0.4, -0.2) is 33.9 Å². The molecule has 2 aromatic heterocycles. The van der Waals surface area contributed by atoms with Crippen molar-refractivity contribution in [2.24, 2.45) is 5.92 Å². The lowest BCUT2D eigenvalue weighted by molar-refractivity contribution is 0.0697. The number of piperidine rings is 1. The van der Waals surface area contributed by atoms with Crippen molar-refractivity contribution in [2.45, 2.75) is 19.8 Å². The highest BCUT2D eigenvalue weighted by atomic mass is 16.2. The van der Waals surface area contributed by atoms with Crippen molar-refractivity contribution in [1.29, 1.82) is 0 Å². The summed E-state index contributed by atoms with van der Waals surface area (Å²) in [5.41, 5.74) is 2.35. The van der Waals surface area contributed by atoms with Crippen molar-refractivity contribution < 1.29 is 4.79 Å². The molecule has 1 aliphatic heterocycles. The van der Waals surface area contributed by atoms with E-state index in [9.17, 15) is 4.79 Å². The SMILES string of the molecule is CC1CCN(C(=O)c2cccnc2-c2ccncc2)CC1. The van der Waals surface area contributed by atoms with Crippen molar-refractivity contribution in [3.8, 4) is 11.3 Å². The minimum Gasteiger partial charge on any atom is -0.339 e. The van der Waals surface area contributed by atoms with Crippen LogP contribution in [0.25, 0.3) is 11.3 Å². The van der Waals surface area contributed by atoms with E-state index in [1.807, 2.05) is 29.2 Å². The molecule has 1 aliphatic rings. The molecule has 0 spiro atoms. The van der Waals surface area contributed by atoms with Gasteiger partial charge in [-0.25, -0.2) is 0 Å². The summed E-state index contributed by atoms with van der Waals surface area (Å²) in [6.45, 7) is 3.92. The van der Waals surface area contributed by atoms with Gasteiger partial charge in [0.05, 0.1) is 11.3 Å². The first-order valence-electron chi connectivity index (χ1n) is 7.40. The Hall–Kier alpha value is -2.23. The lowest BCUT2D eigenvalue weighted by Crippen LogP contribution is -2.38. The van der Waals surface area contributed by atoms with Gasteiger partial charge in [0.25, 0.3) is 5.91 Å².